The number of allylic oxidation sites excluding steroid dienone is 2. The fourth-order valence-electron chi connectivity index (χ4n) is 2.60. The van der Waals surface area contributed by atoms with E-state index in [4.69, 9.17) is 9.15 Å². The maximum absolute atomic E-state index is 9.75. The minimum atomic E-state index is -0.917. The number of ether oxygens (including phenoxy) is 1. The van der Waals surface area contributed by atoms with Crippen molar-refractivity contribution in [1.82, 2.24) is 4.98 Å². The van der Waals surface area contributed by atoms with E-state index in [9.17, 15) is 10.5 Å². The summed E-state index contributed by atoms with van der Waals surface area (Å²) in [4.78, 5) is 4.97. The molecule has 0 aliphatic rings. The molecule has 5 nitrogen and oxygen atoms in total. The molecule has 2 aromatic heterocycles. The van der Waals surface area contributed by atoms with Gasteiger partial charge in [-0.1, -0.05) is 43.0 Å². The van der Waals surface area contributed by atoms with Crippen LogP contribution in [0, 0.1) is 22.7 Å². The van der Waals surface area contributed by atoms with Crippen LogP contribution in [-0.2, 0) is 0 Å². The third-order valence-electron chi connectivity index (χ3n) is 3.92. The minimum Gasteiger partial charge on any atom is -0.472 e. The number of benzene rings is 1. The Morgan fingerprint density at radius 3 is 2.64 bits per heavy atom. The molecule has 2 heterocycles. The Bertz CT molecular complexity index is 1090. The molecule has 0 amide bonds. The van der Waals surface area contributed by atoms with E-state index in [1.54, 1.807) is 36.4 Å². The average Bonchev–Trinajstić information content (AvgIpc) is 3.27. The molecule has 3 aromatic rings. The maximum atomic E-state index is 9.75. The van der Waals surface area contributed by atoms with Crippen molar-refractivity contribution >= 4 is 17.5 Å². The number of nitrogens with zero attached hydrogens (tertiary/aromatic N) is 3. The summed E-state index contributed by atoms with van der Waals surface area (Å²) in [6.07, 6.45) is 5.39. The number of hydrogen-bond donors (Lipinski definition) is 1. The monoisotopic (exact) mass is 385 g/mol. The quantitative estimate of drug-likeness (QED) is 0.459. The molecule has 0 spiro atoms. The van der Waals surface area contributed by atoms with Gasteiger partial charge in [0.2, 0.25) is 12.0 Å². The fourth-order valence-corrected chi connectivity index (χ4v) is 2.82. The van der Waals surface area contributed by atoms with Crippen LogP contribution >= 0.6 is 12.6 Å². The minimum absolute atomic E-state index is 0.0515. The van der Waals surface area contributed by atoms with Gasteiger partial charge in [0.1, 0.15) is 17.7 Å². The second-order valence-electron chi connectivity index (χ2n) is 5.68. The molecule has 28 heavy (non-hydrogen) atoms. The third-order valence-corrected chi connectivity index (χ3v) is 4.30. The average molecular weight is 385 g/mol. The summed E-state index contributed by atoms with van der Waals surface area (Å²) in [6, 6.07) is 16.7. The number of nitriles is 2. The molecule has 3 rings (SSSR count). The summed E-state index contributed by atoms with van der Waals surface area (Å²) in [7, 11) is 0. The van der Waals surface area contributed by atoms with Gasteiger partial charge in [-0.15, -0.1) is 12.6 Å². The van der Waals surface area contributed by atoms with E-state index in [1.165, 1.54) is 12.5 Å². The van der Waals surface area contributed by atoms with Crippen molar-refractivity contribution in [3.63, 3.8) is 0 Å². The lowest BCUT2D eigenvalue weighted by Crippen LogP contribution is -2.09. The van der Waals surface area contributed by atoms with Crippen LogP contribution in [0.4, 0.5) is 0 Å². The molecule has 0 saturated carbocycles. The number of furan rings is 1. The van der Waals surface area contributed by atoms with Crippen LogP contribution in [-0.4, -0.2) is 4.98 Å². The second kappa shape index (κ2) is 8.77. The molecule has 1 aromatic carbocycles. The summed E-state index contributed by atoms with van der Waals surface area (Å²) in [5.74, 6) is 0.0515. The SMILES string of the molecule is C=C/C=C(\S)c1cc(-c2ccoc2)c(C#N)c(OC(C#N)c2ccccc2)n1. The Labute approximate surface area is 168 Å². The van der Waals surface area contributed by atoms with E-state index in [1.807, 2.05) is 18.2 Å². The Hall–Kier alpha value is -3.74. The first kappa shape index (κ1) is 19.0. The van der Waals surface area contributed by atoms with Crippen LogP contribution in [0.3, 0.4) is 0 Å². The highest BCUT2D eigenvalue weighted by Crippen LogP contribution is 2.34. The van der Waals surface area contributed by atoms with E-state index >= 15 is 0 Å². The molecule has 0 bridgehead atoms. The van der Waals surface area contributed by atoms with Crippen LogP contribution in [0.25, 0.3) is 16.0 Å². The van der Waals surface area contributed by atoms with E-state index in [2.05, 4.69) is 36.3 Å². The molecule has 0 aliphatic heterocycles. The third kappa shape index (κ3) is 3.98. The van der Waals surface area contributed by atoms with Crippen LogP contribution in [0.1, 0.15) is 22.9 Å². The highest BCUT2D eigenvalue weighted by atomic mass is 32.1. The Balaban J connectivity index is 2.16. The van der Waals surface area contributed by atoms with Gasteiger partial charge in [0, 0.05) is 21.6 Å². The van der Waals surface area contributed by atoms with E-state index in [0.717, 1.165) is 0 Å². The van der Waals surface area contributed by atoms with Gasteiger partial charge in [0.25, 0.3) is 0 Å². The first-order chi connectivity index (χ1) is 13.7. The summed E-state index contributed by atoms with van der Waals surface area (Å²) in [5, 5.41) is 19.3. The molecule has 0 saturated heterocycles. The van der Waals surface area contributed by atoms with Gasteiger partial charge < -0.3 is 9.15 Å². The number of hydrogen-bond acceptors (Lipinski definition) is 6. The smallest absolute Gasteiger partial charge is 0.234 e. The normalized spacial score (nSPS) is 11.9. The molecule has 136 valence electrons. The first-order valence-corrected chi connectivity index (χ1v) is 8.73. The van der Waals surface area contributed by atoms with Crippen LogP contribution in [0.15, 0.2) is 78.1 Å². The molecular weight excluding hydrogens is 370 g/mol. The molecule has 0 aliphatic carbocycles. The molecule has 6 heteroatoms. The van der Waals surface area contributed by atoms with Crippen molar-refractivity contribution in [2.24, 2.45) is 0 Å². The molecule has 0 fully saturated rings. The lowest BCUT2D eigenvalue weighted by atomic mass is 10.0. The summed E-state index contributed by atoms with van der Waals surface area (Å²) < 4.78 is 11.0. The van der Waals surface area contributed by atoms with E-state index in [0.29, 0.717) is 27.3 Å². The Morgan fingerprint density at radius 2 is 2.04 bits per heavy atom. The number of aromatic nitrogens is 1. The van der Waals surface area contributed by atoms with E-state index in [-0.39, 0.29) is 11.4 Å². The molecule has 0 N–H and O–H groups in total. The molecule has 1 atom stereocenters. The molecular formula is C22H15N3O2S. The van der Waals surface area contributed by atoms with Crippen molar-refractivity contribution in [2.75, 3.05) is 0 Å². The van der Waals surface area contributed by atoms with Crippen LogP contribution in [0.5, 0.6) is 5.88 Å². The topological polar surface area (TPSA) is 82.8 Å². The van der Waals surface area contributed by atoms with Gasteiger partial charge in [-0.05, 0) is 18.2 Å². The van der Waals surface area contributed by atoms with Crippen LogP contribution in [0.2, 0.25) is 0 Å². The van der Waals surface area contributed by atoms with Gasteiger partial charge in [-0.25, -0.2) is 4.98 Å². The number of pyridine rings is 1. The summed E-state index contributed by atoms with van der Waals surface area (Å²) >= 11 is 4.44. The zero-order valence-electron chi connectivity index (χ0n) is 14.7. The van der Waals surface area contributed by atoms with Gasteiger partial charge >= 0.3 is 0 Å². The van der Waals surface area contributed by atoms with Gasteiger partial charge in [-0.3, -0.25) is 0 Å². The van der Waals surface area contributed by atoms with Gasteiger partial charge in [0.15, 0.2) is 0 Å². The van der Waals surface area contributed by atoms with Crippen molar-refractivity contribution in [2.45, 2.75) is 6.10 Å². The first-order valence-electron chi connectivity index (χ1n) is 8.29. The van der Waals surface area contributed by atoms with Crippen molar-refractivity contribution < 1.29 is 9.15 Å². The van der Waals surface area contributed by atoms with Crippen LogP contribution < -0.4 is 4.74 Å². The van der Waals surface area contributed by atoms with E-state index < -0.39 is 6.10 Å². The van der Waals surface area contributed by atoms with Crippen molar-refractivity contribution in [3.8, 4) is 29.1 Å². The summed E-state index contributed by atoms with van der Waals surface area (Å²) in [6.45, 7) is 3.66. The highest BCUT2D eigenvalue weighted by Gasteiger charge is 2.21. The predicted molar refractivity (Wildman–Crippen MR) is 109 cm³/mol. The zero-order valence-corrected chi connectivity index (χ0v) is 15.6. The summed E-state index contributed by atoms with van der Waals surface area (Å²) in [5.41, 5.74) is 2.63. The maximum Gasteiger partial charge on any atom is 0.234 e. The fraction of sp³-hybridized carbons (Fsp3) is 0.0455. The van der Waals surface area contributed by atoms with Gasteiger partial charge in [-0.2, -0.15) is 10.5 Å². The second-order valence-corrected chi connectivity index (χ2v) is 6.17. The lowest BCUT2D eigenvalue weighted by molar-refractivity contribution is 0.251. The molecule has 1 unspecified atom stereocenters. The Kier molecular flexibility index (Phi) is 5.96. The highest BCUT2D eigenvalue weighted by molar-refractivity contribution is 7.90. The zero-order chi connectivity index (χ0) is 19.9. The standard InChI is InChI=1S/C22H15N3O2S/c1-2-6-21(28)19-11-17(16-9-10-26-14-16)18(12-23)22(25-19)27-20(13-24)15-7-4-3-5-8-15/h2-11,14,20,28H,1H2/b21-6-. The molecule has 0 radical (unpaired) electrons. The largest absolute Gasteiger partial charge is 0.472 e. The predicted octanol–water partition coefficient (Wildman–Crippen LogP) is 5.31. The lowest BCUT2D eigenvalue weighted by Gasteiger charge is -2.16. The van der Waals surface area contributed by atoms with Crippen molar-refractivity contribution in [1.29, 1.82) is 10.5 Å². The number of rotatable bonds is 6. The van der Waals surface area contributed by atoms with Crippen molar-refractivity contribution in [3.05, 3.63) is 90.5 Å². The van der Waals surface area contributed by atoms with Gasteiger partial charge in [0.05, 0.1) is 18.2 Å². The Morgan fingerprint density at radius 1 is 1.25 bits per heavy atom. The number of thiol groups is 1.